The summed E-state index contributed by atoms with van der Waals surface area (Å²) in [5, 5.41) is 7.25. The Labute approximate surface area is 224 Å². The molecule has 8 nitrogen and oxygen atoms in total. The number of nitrogens with zero attached hydrogens (tertiary/aromatic N) is 4. The summed E-state index contributed by atoms with van der Waals surface area (Å²) in [7, 11) is 1.61. The fourth-order valence-electron chi connectivity index (χ4n) is 5.48. The lowest BCUT2D eigenvalue weighted by molar-refractivity contribution is -0.0579. The highest BCUT2D eigenvalue weighted by Crippen LogP contribution is 2.45. The van der Waals surface area contributed by atoms with Crippen molar-refractivity contribution in [2.45, 2.75) is 51.0 Å². The number of hydrogen-bond acceptors (Lipinski definition) is 7. The van der Waals surface area contributed by atoms with Crippen LogP contribution in [0.15, 0.2) is 29.2 Å². The largest absolute Gasteiger partial charge is 0.480 e. The first-order valence-corrected chi connectivity index (χ1v) is 13.6. The molecule has 1 saturated heterocycles. The Kier molecular flexibility index (Phi) is 6.32. The highest BCUT2D eigenvalue weighted by atomic mass is 35.5. The van der Waals surface area contributed by atoms with Gasteiger partial charge in [-0.1, -0.05) is 18.5 Å². The summed E-state index contributed by atoms with van der Waals surface area (Å²) in [6.45, 7) is 3.21. The summed E-state index contributed by atoms with van der Waals surface area (Å²) in [4.78, 5) is 24.4. The highest BCUT2D eigenvalue weighted by molar-refractivity contribution is 6.32. The first-order chi connectivity index (χ1) is 18.2. The van der Waals surface area contributed by atoms with Crippen LogP contribution in [-0.2, 0) is 7.05 Å². The van der Waals surface area contributed by atoms with Crippen molar-refractivity contribution in [3.05, 3.63) is 39.8 Å². The molecule has 2 aromatic heterocycles. The summed E-state index contributed by atoms with van der Waals surface area (Å²) < 4.78 is 36.7. The minimum atomic E-state index is -3.09. The van der Waals surface area contributed by atoms with Crippen molar-refractivity contribution in [2.24, 2.45) is 18.9 Å². The Bertz CT molecular complexity index is 1440. The first-order valence-electron chi connectivity index (χ1n) is 13.2. The predicted molar refractivity (Wildman–Crippen MR) is 145 cm³/mol. The van der Waals surface area contributed by atoms with E-state index in [4.69, 9.17) is 21.3 Å². The molecule has 3 aliphatic rings. The molecule has 0 radical (unpaired) electrons. The Morgan fingerprint density at radius 3 is 2.82 bits per heavy atom. The van der Waals surface area contributed by atoms with Gasteiger partial charge in [0.15, 0.2) is 12.4 Å². The number of anilines is 4. The fourth-order valence-corrected chi connectivity index (χ4v) is 5.62. The third-order valence-electron chi connectivity index (χ3n) is 7.90. The lowest BCUT2D eigenvalue weighted by Gasteiger charge is -2.25. The van der Waals surface area contributed by atoms with Crippen LogP contribution in [-0.4, -0.2) is 46.2 Å². The van der Waals surface area contributed by atoms with E-state index in [1.807, 2.05) is 12.1 Å². The van der Waals surface area contributed by atoms with Crippen LogP contribution in [0.5, 0.6) is 5.75 Å². The maximum atomic E-state index is 14.9. The summed E-state index contributed by atoms with van der Waals surface area (Å²) in [6, 6.07) is 4.31. The van der Waals surface area contributed by atoms with Crippen molar-refractivity contribution in [1.82, 2.24) is 14.5 Å². The number of hydrogen-bond donors (Lipinski definition) is 2. The molecule has 2 aliphatic heterocycles. The Morgan fingerprint density at radius 2 is 2.03 bits per heavy atom. The number of nitrogens with one attached hydrogen (secondary N) is 2. The SMILES string of the molecule is C[C@H]1CCCN(c2ncc(Cl)c(Nc3ccc4c(c3)c3c(c(=O)n4C)OCC(F)(F)[C@H](C4CC4)N3)n2)CC1. The quantitative estimate of drug-likeness (QED) is 0.444. The number of alkyl halides is 2. The summed E-state index contributed by atoms with van der Waals surface area (Å²) in [6.07, 6.45) is 6.39. The van der Waals surface area contributed by atoms with Crippen molar-refractivity contribution >= 4 is 45.6 Å². The van der Waals surface area contributed by atoms with E-state index in [-0.39, 0.29) is 11.7 Å². The van der Waals surface area contributed by atoms with Gasteiger partial charge in [-0.3, -0.25) is 4.79 Å². The molecule has 11 heteroatoms. The van der Waals surface area contributed by atoms with Crippen LogP contribution < -0.4 is 25.8 Å². The molecule has 2 atom stereocenters. The van der Waals surface area contributed by atoms with E-state index >= 15 is 0 Å². The minimum Gasteiger partial charge on any atom is -0.480 e. The second-order valence-electron chi connectivity index (χ2n) is 10.8. The van der Waals surface area contributed by atoms with E-state index < -0.39 is 24.1 Å². The number of halogens is 3. The van der Waals surface area contributed by atoms with E-state index in [2.05, 4.69) is 27.4 Å². The lowest BCUT2D eigenvalue weighted by atomic mass is 10.0. The maximum Gasteiger partial charge on any atom is 0.301 e. The molecule has 38 heavy (non-hydrogen) atoms. The molecule has 0 amide bonds. The van der Waals surface area contributed by atoms with E-state index in [0.717, 1.165) is 38.8 Å². The van der Waals surface area contributed by atoms with Gasteiger partial charge in [-0.05, 0) is 62.1 Å². The van der Waals surface area contributed by atoms with Gasteiger partial charge in [-0.15, -0.1) is 0 Å². The van der Waals surface area contributed by atoms with Crippen LogP contribution in [0.25, 0.3) is 10.9 Å². The molecule has 0 bridgehead atoms. The van der Waals surface area contributed by atoms with Crippen molar-refractivity contribution in [1.29, 1.82) is 0 Å². The molecule has 3 aromatic rings. The average Bonchev–Trinajstić information content (AvgIpc) is 3.74. The van der Waals surface area contributed by atoms with Gasteiger partial charge in [0.2, 0.25) is 11.7 Å². The molecule has 1 saturated carbocycles. The van der Waals surface area contributed by atoms with Gasteiger partial charge in [0.1, 0.15) is 5.02 Å². The second kappa shape index (κ2) is 9.55. The van der Waals surface area contributed by atoms with Crippen LogP contribution in [0.3, 0.4) is 0 Å². The Morgan fingerprint density at radius 1 is 1.21 bits per heavy atom. The van der Waals surface area contributed by atoms with Crippen LogP contribution in [0.1, 0.15) is 39.0 Å². The zero-order valence-electron chi connectivity index (χ0n) is 21.4. The molecule has 2 fully saturated rings. The minimum absolute atomic E-state index is 0.0854. The number of benzene rings is 1. The topological polar surface area (TPSA) is 84.3 Å². The summed E-state index contributed by atoms with van der Waals surface area (Å²) in [5.41, 5.74) is 1.09. The Hall–Kier alpha value is -3.14. The standard InChI is InChI=1S/C27H31ClF2N6O2/c1-15-4-3-10-36(11-9-15)26-31-13-19(28)24(34-26)32-17-7-8-20-18(12-17)21-22(25(37)35(20)2)38-14-27(29,30)23(33-21)16-5-6-16/h7-8,12-13,15-16,23,33H,3-6,9-11,14H2,1-2H3,(H,31,32,34)/t15-,23-/m0/s1. The number of pyridine rings is 1. The molecule has 6 rings (SSSR count). The number of fused-ring (bicyclic) bond motifs is 3. The van der Waals surface area contributed by atoms with Gasteiger partial charge in [0, 0.05) is 31.2 Å². The lowest BCUT2D eigenvalue weighted by Crippen LogP contribution is -2.44. The summed E-state index contributed by atoms with van der Waals surface area (Å²) in [5.74, 6) is -1.59. The van der Waals surface area contributed by atoms with Gasteiger partial charge in [-0.25, -0.2) is 13.8 Å². The van der Waals surface area contributed by atoms with Gasteiger partial charge < -0.3 is 24.8 Å². The highest BCUT2D eigenvalue weighted by Gasteiger charge is 2.51. The van der Waals surface area contributed by atoms with Crippen LogP contribution in [0, 0.1) is 11.8 Å². The van der Waals surface area contributed by atoms with Crippen LogP contribution in [0.2, 0.25) is 5.02 Å². The number of aromatic nitrogens is 3. The van der Waals surface area contributed by atoms with E-state index in [1.165, 1.54) is 11.0 Å². The normalized spacial score (nSPS) is 23.1. The summed E-state index contributed by atoms with van der Waals surface area (Å²) >= 11 is 6.47. The molecule has 202 valence electrons. The molecular weight excluding hydrogens is 514 g/mol. The fraction of sp³-hybridized carbons (Fsp3) is 0.519. The Balaban J connectivity index is 1.37. The van der Waals surface area contributed by atoms with Crippen molar-refractivity contribution in [3.63, 3.8) is 0 Å². The van der Waals surface area contributed by atoms with Crippen LogP contribution in [0.4, 0.5) is 31.9 Å². The monoisotopic (exact) mass is 544 g/mol. The average molecular weight is 545 g/mol. The van der Waals surface area contributed by atoms with Gasteiger partial charge in [-0.2, -0.15) is 4.98 Å². The predicted octanol–water partition coefficient (Wildman–Crippen LogP) is 5.57. The van der Waals surface area contributed by atoms with Gasteiger partial charge >= 0.3 is 5.92 Å². The van der Waals surface area contributed by atoms with Crippen molar-refractivity contribution < 1.29 is 13.5 Å². The third kappa shape index (κ3) is 4.63. The van der Waals surface area contributed by atoms with E-state index in [0.29, 0.717) is 45.0 Å². The maximum absolute atomic E-state index is 14.9. The third-order valence-corrected chi connectivity index (χ3v) is 8.18. The van der Waals surface area contributed by atoms with Crippen molar-refractivity contribution in [2.75, 3.05) is 35.2 Å². The number of ether oxygens (including phenoxy) is 1. The number of aryl methyl sites for hydroxylation is 1. The van der Waals surface area contributed by atoms with Crippen LogP contribution >= 0.6 is 11.6 Å². The molecule has 0 unspecified atom stereocenters. The molecular formula is C27H31ClF2N6O2. The molecule has 0 spiro atoms. The first kappa shape index (κ1) is 25.2. The van der Waals surface area contributed by atoms with Crippen molar-refractivity contribution in [3.8, 4) is 5.75 Å². The zero-order valence-corrected chi connectivity index (χ0v) is 22.2. The smallest absolute Gasteiger partial charge is 0.301 e. The van der Waals surface area contributed by atoms with Gasteiger partial charge in [0.05, 0.1) is 23.4 Å². The van der Waals surface area contributed by atoms with E-state index in [9.17, 15) is 13.6 Å². The molecule has 4 heterocycles. The molecule has 1 aliphatic carbocycles. The van der Waals surface area contributed by atoms with E-state index in [1.54, 1.807) is 19.3 Å². The van der Waals surface area contributed by atoms with Gasteiger partial charge in [0.25, 0.3) is 5.56 Å². The number of rotatable bonds is 4. The second-order valence-corrected chi connectivity index (χ2v) is 11.2. The zero-order chi connectivity index (χ0) is 26.6. The molecule has 2 N–H and O–H groups in total. The molecule has 1 aromatic carbocycles.